The summed E-state index contributed by atoms with van der Waals surface area (Å²) in [4.78, 5) is 10.9. The number of carbonyl (C=O) groups excluding carboxylic acids is 1. The van der Waals surface area contributed by atoms with Crippen molar-refractivity contribution in [1.82, 2.24) is 5.32 Å². The van der Waals surface area contributed by atoms with E-state index in [-0.39, 0.29) is 5.91 Å². The number of hydrogen-bond acceptors (Lipinski definition) is 1. The molecule has 78 valence electrons. The molecule has 0 unspecified atom stereocenters. The summed E-state index contributed by atoms with van der Waals surface area (Å²) in [5.41, 5.74) is 1.95. The first-order valence-electron chi connectivity index (χ1n) is 4.90. The molecule has 14 heavy (non-hydrogen) atoms. The number of carbonyl (C=O) groups is 1. The third-order valence-electron chi connectivity index (χ3n) is 1.84. The fourth-order valence-corrected chi connectivity index (χ4v) is 0.750. The molecule has 2 nitrogen and oxygen atoms in total. The number of nitrogens with one attached hydrogen (secondary N) is 1. The van der Waals surface area contributed by atoms with Crippen molar-refractivity contribution in [3.8, 4) is 0 Å². The minimum absolute atomic E-state index is 0.0499. The molecule has 1 N–H and O–H groups in total. The largest absolute Gasteiger partial charge is 0.352 e. The summed E-state index contributed by atoms with van der Waals surface area (Å²) in [6.45, 7) is 12.1. The lowest BCUT2D eigenvalue weighted by Gasteiger charge is -2.02. The predicted molar refractivity (Wildman–Crippen MR) is 61.0 cm³/mol. The van der Waals surface area contributed by atoms with Crippen LogP contribution in [0.4, 0.5) is 0 Å². The molecule has 0 saturated heterocycles. The van der Waals surface area contributed by atoms with Gasteiger partial charge in [0, 0.05) is 13.0 Å². The lowest BCUT2D eigenvalue weighted by molar-refractivity contribution is -0.120. The van der Waals surface area contributed by atoms with E-state index in [1.807, 2.05) is 26.0 Å². The van der Waals surface area contributed by atoms with Crippen LogP contribution >= 0.6 is 0 Å². The van der Waals surface area contributed by atoms with Gasteiger partial charge in [-0.3, -0.25) is 4.79 Å². The van der Waals surface area contributed by atoms with E-state index in [0.29, 0.717) is 13.0 Å². The highest BCUT2D eigenvalue weighted by Gasteiger charge is 1.95. The van der Waals surface area contributed by atoms with Crippen molar-refractivity contribution in [2.75, 3.05) is 6.54 Å². The Labute approximate surface area is 86.4 Å². The molecular weight excluding hydrogens is 174 g/mol. The van der Waals surface area contributed by atoms with E-state index in [0.717, 1.165) is 17.6 Å². The van der Waals surface area contributed by atoms with Gasteiger partial charge in [-0.05, 0) is 12.0 Å². The molecule has 0 aromatic carbocycles. The molecule has 0 rings (SSSR count). The second-order valence-electron chi connectivity index (χ2n) is 3.13. The Morgan fingerprint density at radius 2 is 1.71 bits per heavy atom. The van der Waals surface area contributed by atoms with E-state index in [4.69, 9.17) is 0 Å². The lowest BCUT2D eigenvalue weighted by atomic mass is 10.2. The number of amides is 1. The minimum Gasteiger partial charge on any atom is -0.352 e. The summed E-state index contributed by atoms with van der Waals surface area (Å²) >= 11 is 0. The molecule has 0 aromatic rings. The maximum absolute atomic E-state index is 10.9. The molecule has 0 aromatic heterocycles. The van der Waals surface area contributed by atoms with Gasteiger partial charge in [0.25, 0.3) is 0 Å². The van der Waals surface area contributed by atoms with E-state index in [1.165, 1.54) is 0 Å². The summed E-state index contributed by atoms with van der Waals surface area (Å²) in [7, 11) is 0. The highest BCUT2D eigenvalue weighted by molar-refractivity contribution is 5.75. The van der Waals surface area contributed by atoms with Crippen molar-refractivity contribution in [1.29, 1.82) is 0 Å². The average molecular weight is 193 g/mol. The molecule has 0 heterocycles. The van der Waals surface area contributed by atoms with Crippen molar-refractivity contribution in [2.45, 2.75) is 26.7 Å². The fraction of sp³-hybridized carbons (Fsp3) is 0.417. The molecule has 0 atom stereocenters. The Kier molecular flexibility index (Phi) is 6.46. The van der Waals surface area contributed by atoms with E-state index in [9.17, 15) is 4.79 Å². The van der Waals surface area contributed by atoms with Gasteiger partial charge < -0.3 is 5.32 Å². The topological polar surface area (TPSA) is 29.1 Å². The van der Waals surface area contributed by atoms with E-state index >= 15 is 0 Å². The predicted octanol–water partition coefficient (Wildman–Crippen LogP) is 2.59. The van der Waals surface area contributed by atoms with Crippen LogP contribution in [0.2, 0.25) is 0 Å². The first kappa shape index (κ1) is 12.7. The molecular formula is C12H19NO. The molecule has 0 aliphatic carbocycles. The van der Waals surface area contributed by atoms with Crippen LogP contribution in [0.5, 0.6) is 0 Å². The highest BCUT2D eigenvalue weighted by atomic mass is 16.1. The first-order chi connectivity index (χ1) is 6.60. The maximum atomic E-state index is 10.9. The minimum atomic E-state index is 0.0499. The Morgan fingerprint density at radius 3 is 2.21 bits per heavy atom. The van der Waals surface area contributed by atoms with Crippen LogP contribution in [0.3, 0.4) is 0 Å². The normalized spacial score (nSPS) is 10.1. The fourth-order valence-electron chi connectivity index (χ4n) is 0.750. The Morgan fingerprint density at radius 1 is 1.14 bits per heavy atom. The van der Waals surface area contributed by atoms with E-state index in [2.05, 4.69) is 18.5 Å². The summed E-state index contributed by atoms with van der Waals surface area (Å²) in [6, 6.07) is 0. The molecule has 0 fully saturated rings. The average Bonchev–Trinajstić information content (AvgIpc) is 2.22. The SMILES string of the molecule is C=C(/C=C\C(=C)CNC(=O)CC)CC. The quantitative estimate of drug-likeness (QED) is 0.645. The first-order valence-corrected chi connectivity index (χ1v) is 4.90. The van der Waals surface area contributed by atoms with Crippen LogP contribution in [0.15, 0.2) is 36.5 Å². The van der Waals surface area contributed by atoms with Crippen LogP contribution in [-0.2, 0) is 4.79 Å². The molecule has 0 spiro atoms. The highest BCUT2D eigenvalue weighted by Crippen LogP contribution is 2.00. The third kappa shape index (κ3) is 6.23. The van der Waals surface area contributed by atoms with Gasteiger partial charge in [0.1, 0.15) is 0 Å². The summed E-state index contributed by atoms with van der Waals surface area (Å²) < 4.78 is 0. The van der Waals surface area contributed by atoms with E-state index in [1.54, 1.807) is 0 Å². The molecule has 2 heteroatoms. The molecule has 0 saturated carbocycles. The number of allylic oxidation sites excluding steroid dienone is 2. The molecule has 0 bridgehead atoms. The van der Waals surface area contributed by atoms with Crippen LogP contribution in [0.25, 0.3) is 0 Å². The zero-order valence-corrected chi connectivity index (χ0v) is 9.10. The van der Waals surface area contributed by atoms with Gasteiger partial charge in [-0.15, -0.1) is 0 Å². The number of rotatable bonds is 6. The smallest absolute Gasteiger partial charge is 0.219 e. The monoisotopic (exact) mass is 193 g/mol. The Balaban J connectivity index is 3.81. The van der Waals surface area contributed by atoms with Gasteiger partial charge in [-0.1, -0.05) is 44.7 Å². The van der Waals surface area contributed by atoms with Gasteiger partial charge in [0.2, 0.25) is 5.91 Å². The molecule has 1 amide bonds. The zero-order chi connectivity index (χ0) is 11.0. The van der Waals surface area contributed by atoms with Gasteiger partial charge in [-0.2, -0.15) is 0 Å². The van der Waals surface area contributed by atoms with Gasteiger partial charge >= 0.3 is 0 Å². The summed E-state index contributed by atoms with van der Waals surface area (Å²) in [5, 5.41) is 2.75. The van der Waals surface area contributed by atoms with Crippen molar-refractivity contribution in [3.63, 3.8) is 0 Å². The summed E-state index contributed by atoms with van der Waals surface area (Å²) in [6.07, 6.45) is 5.27. The van der Waals surface area contributed by atoms with Crippen molar-refractivity contribution in [2.24, 2.45) is 0 Å². The molecule has 0 aliphatic rings. The van der Waals surface area contributed by atoms with Crippen LogP contribution < -0.4 is 5.32 Å². The Hall–Kier alpha value is -1.31. The second kappa shape index (κ2) is 7.13. The van der Waals surface area contributed by atoms with Crippen LogP contribution in [0.1, 0.15) is 26.7 Å². The molecule has 0 radical (unpaired) electrons. The van der Waals surface area contributed by atoms with Gasteiger partial charge in [0.05, 0.1) is 0 Å². The Bertz CT molecular complexity index is 251. The van der Waals surface area contributed by atoms with Crippen molar-refractivity contribution >= 4 is 5.91 Å². The lowest BCUT2D eigenvalue weighted by Crippen LogP contribution is -2.23. The van der Waals surface area contributed by atoms with E-state index < -0.39 is 0 Å². The second-order valence-corrected chi connectivity index (χ2v) is 3.13. The maximum Gasteiger partial charge on any atom is 0.219 e. The van der Waals surface area contributed by atoms with Gasteiger partial charge in [-0.25, -0.2) is 0 Å². The standard InChI is InChI=1S/C12H19NO/c1-5-10(3)7-8-11(4)9-13-12(14)6-2/h7-8H,3-6,9H2,1-2H3,(H,13,14)/b8-7-. The van der Waals surface area contributed by atoms with Crippen molar-refractivity contribution in [3.05, 3.63) is 36.5 Å². The van der Waals surface area contributed by atoms with Crippen LogP contribution in [0, 0.1) is 0 Å². The third-order valence-corrected chi connectivity index (χ3v) is 1.84. The van der Waals surface area contributed by atoms with Crippen molar-refractivity contribution < 1.29 is 4.79 Å². The summed E-state index contributed by atoms with van der Waals surface area (Å²) in [5.74, 6) is 0.0499. The van der Waals surface area contributed by atoms with Crippen LogP contribution in [-0.4, -0.2) is 12.5 Å². The van der Waals surface area contributed by atoms with Gasteiger partial charge in [0.15, 0.2) is 0 Å². The zero-order valence-electron chi connectivity index (χ0n) is 9.10. The molecule has 0 aliphatic heterocycles. The number of hydrogen-bond donors (Lipinski definition) is 1.